The van der Waals surface area contributed by atoms with Crippen LogP contribution >= 0.6 is 0 Å². The largest absolute Gasteiger partial charge is 0.476 e. The first-order valence-electron chi connectivity index (χ1n) is 3.91. The van der Waals surface area contributed by atoms with Crippen LogP contribution in [-0.2, 0) is 14.1 Å². The SMILES string of the molecule is CN(C)c1cc(C(=O)O)n(C)[n+]1C. The van der Waals surface area contributed by atoms with Crippen molar-refractivity contribution in [2.45, 2.75) is 0 Å². The maximum atomic E-state index is 10.8. The summed E-state index contributed by atoms with van der Waals surface area (Å²) in [5.74, 6) is -0.0499. The first-order chi connectivity index (χ1) is 5.95. The smallest absolute Gasteiger partial charge is 0.356 e. The minimum atomic E-state index is -0.911. The number of carboxylic acids is 1. The monoisotopic (exact) mass is 184 g/mol. The van der Waals surface area contributed by atoms with Crippen molar-refractivity contribution in [3.63, 3.8) is 0 Å². The van der Waals surface area contributed by atoms with Crippen molar-refractivity contribution in [3.05, 3.63) is 11.8 Å². The zero-order valence-electron chi connectivity index (χ0n) is 8.27. The predicted molar refractivity (Wildman–Crippen MR) is 47.9 cm³/mol. The van der Waals surface area contributed by atoms with Crippen molar-refractivity contribution in [1.29, 1.82) is 0 Å². The molecule has 1 rings (SSSR count). The molecule has 0 radical (unpaired) electrons. The number of anilines is 1. The second-order valence-corrected chi connectivity index (χ2v) is 3.13. The van der Waals surface area contributed by atoms with E-state index in [9.17, 15) is 4.79 Å². The van der Waals surface area contributed by atoms with Gasteiger partial charge in [0.15, 0.2) is 5.69 Å². The number of aromatic nitrogens is 2. The quantitative estimate of drug-likeness (QED) is 0.637. The summed E-state index contributed by atoms with van der Waals surface area (Å²) in [6, 6.07) is 1.64. The molecular weight excluding hydrogens is 170 g/mol. The number of rotatable bonds is 2. The fourth-order valence-electron chi connectivity index (χ4n) is 1.24. The minimum absolute atomic E-state index is 0.284. The van der Waals surface area contributed by atoms with Gasteiger partial charge in [0.2, 0.25) is 0 Å². The molecule has 0 fully saturated rings. The third-order valence-electron chi connectivity index (χ3n) is 2.07. The summed E-state index contributed by atoms with van der Waals surface area (Å²) in [7, 11) is 7.29. The Morgan fingerprint density at radius 2 is 2.15 bits per heavy atom. The Hall–Kier alpha value is -1.52. The highest BCUT2D eigenvalue weighted by Gasteiger charge is 2.20. The molecule has 0 aliphatic rings. The normalized spacial score (nSPS) is 10.2. The highest BCUT2D eigenvalue weighted by molar-refractivity contribution is 5.86. The van der Waals surface area contributed by atoms with Gasteiger partial charge in [0.25, 0.3) is 5.82 Å². The van der Waals surface area contributed by atoms with Crippen molar-refractivity contribution in [2.24, 2.45) is 14.1 Å². The third-order valence-corrected chi connectivity index (χ3v) is 2.07. The van der Waals surface area contributed by atoms with Gasteiger partial charge in [-0.15, -0.1) is 0 Å². The molecule has 0 aromatic carbocycles. The van der Waals surface area contributed by atoms with Crippen LogP contribution in [0.15, 0.2) is 6.07 Å². The van der Waals surface area contributed by atoms with Gasteiger partial charge in [-0.3, -0.25) is 4.90 Å². The van der Waals surface area contributed by atoms with Gasteiger partial charge in [0.1, 0.15) is 7.05 Å². The summed E-state index contributed by atoms with van der Waals surface area (Å²) in [5.41, 5.74) is 0.284. The number of hydrogen-bond acceptors (Lipinski definition) is 2. The number of carboxylic acid groups (broad SMARTS) is 1. The molecule has 1 aromatic heterocycles. The van der Waals surface area contributed by atoms with Gasteiger partial charge in [-0.05, 0) is 0 Å². The molecule has 1 aromatic rings. The van der Waals surface area contributed by atoms with Crippen LogP contribution in [0.3, 0.4) is 0 Å². The van der Waals surface area contributed by atoms with Crippen LogP contribution in [-0.4, -0.2) is 29.9 Å². The average Bonchev–Trinajstić information content (AvgIpc) is 2.29. The van der Waals surface area contributed by atoms with Crippen molar-refractivity contribution in [1.82, 2.24) is 4.68 Å². The zero-order chi connectivity index (χ0) is 10.2. The Labute approximate surface area is 76.8 Å². The number of carbonyl (C=O) groups is 1. The second-order valence-electron chi connectivity index (χ2n) is 3.13. The molecule has 5 nitrogen and oxygen atoms in total. The fourth-order valence-corrected chi connectivity index (χ4v) is 1.24. The van der Waals surface area contributed by atoms with Gasteiger partial charge in [-0.25, -0.2) is 9.48 Å². The van der Waals surface area contributed by atoms with Crippen LogP contribution in [0.25, 0.3) is 0 Å². The van der Waals surface area contributed by atoms with E-state index in [1.165, 1.54) is 0 Å². The molecule has 0 atom stereocenters. The summed E-state index contributed by atoms with van der Waals surface area (Å²) in [6.07, 6.45) is 0. The van der Waals surface area contributed by atoms with Crippen molar-refractivity contribution in [2.75, 3.05) is 19.0 Å². The molecule has 0 aliphatic carbocycles. The molecule has 0 saturated heterocycles. The summed E-state index contributed by atoms with van der Waals surface area (Å²) < 4.78 is 3.38. The number of hydrogen-bond donors (Lipinski definition) is 1. The first kappa shape index (κ1) is 9.57. The van der Waals surface area contributed by atoms with Gasteiger partial charge >= 0.3 is 5.97 Å². The second kappa shape index (κ2) is 3.08. The third kappa shape index (κ3) is 1.49. The molecule has 1 N–H and O–H groups in total. The van der Waals surface area contributed by atoms with E-state index in [0.29, 0.717) is 0 Å². The molecule has 13 heavy (non-hydrogen) atoms. The Balaban J connectivity index is 3.28. The topological polar surface area (TPSA) is 49.4 Å². The molecule has 0 aliphatic heterocycles. The Bertz CT molecular complexity index is 341. The minimum Gasteiger partial charge on any atom is -0.476 e. The molecular formula is C8H14N3O2+. The van der Waals surface area contributed by atoms with E-state index < -0.39 is 5.97 Å². The highest BCUT2D eigenvalue weighted by Crippen LogP contribution is 2.08. The standard InChI is InChI=1S/C8H13N3O2/c1-9(2)7-5-6(8(12)13)10(3)11(7)4/h5H,1-4H3/p+1. The first-order valence-corrected chi connectivity index (χ1v) is 3.91. The molecule has 0 spiro atoms. The highest BCUT2D eigenvalue weighted by atomic mass is 16.4. The predicted octanol–water partition coefficient (Wildman–Crippen LogP) is -0.386. The molecule has 72 valence electrons. The van der Waals surface area contributed by atoms with Crippen molar-refractivity contribution < 1.29 is 14.6 Å². The van der Waals surface area contributed by atoms with E-state index in [1.807, 2.05) is 26.0 Å². The van der Waals surface area contributed by atoms with E-state index in [0.717, 1.165) is 5.82 Å². The average molecular weight is 184 g/mol. The summed E-state index contributed by atoms with van der Waals surface area (Å²) in [5, 5.41) is 8.83. The molecule has 0 unspecified atom stereocenters. The lowest BCUT2D eigenvalue weighted by Crippen LogP contribution is -2.42. The molecule has 0 amide bonds. The lowest BCUT2D eigenvalue weighted by Gasteiger charge is -2.03. The van der Waals surface area contributed by atoms with E-state index in [-0.39, 0.29) is 5.69 Å². The van der Waals surface area contributed by atoms with E-state index in [4.69, 9.17) is 5.11 Å². The van der Waals surface area contributed by atoms with E-state index >= 15 is 0 Å². The summed E-state index contributed by atoms with van der Waals surface area (Å²) in [6.45, 7) is 0. The fraction of sp³-hybridized carbons (Fsp3) is 0.500. The number of nitrogens with zero attached hydrogens (tertiary/aromatic N) is 3. The zero-order valence-corrected chi connectivity index (χ0v) is 8.27. The lowest BCUT2D eigenvalue weighted by atomic mass is 10.4. The molecule has 1 heterocycles. The van der Waals surface area contributed by atoms with Crippen LogP contribution in [0.5, 0.6) is 0 Å². The Kier molecular flexibility index (Phi) is 2.27. The molecule has 0 saturated carbocycles. The van der Waals surface area contributed by atoms with E-state index in [1.54, 1.807) is 22.5 Å². The summed E-state index contributed by atoms with van der Waals surface area (Å²) in [4.78, 5) is 12.6. The van der Waals surface area contributed by atoms with Crippen molar-refractivity contribution >= 4 is 11.8 Å². The van der Waals surface area contributed by atoms with E-state index in [2.05, 4.69) is 0 Å². The van der Waals surface area contributed by atoms with Gasteiger partial charge in [-0.1, -0.05) is 0 Å². The maximum absolute atomic E-state index is 10.8. The van der Waals surface area contributed by atoms with Crippen LogP contribution in [0, 0.1) is 0 Å². The van der Waals surface area contributed by atoms with Gasteiger partial charge in [0, 0.05) is 7.05 Å². The molecule has 0 bridgehead atoms. The van der Waals surface area contributed by atoms with Crippen LogP contribution in [0.4, 0.5) is 5.82 Å². The lowest BCUT2D eigenvalue weighted by molar-refractivity contribution is -0.739. The van der Waals surface area contributed by atoms with Crippen molar-refractivity contribution in [3.8, 4) is 0 Å². The van der Waals surface area contributed by atoms with Crippen LogP contribution in [0.1, 0.15) is 10.5 Å². The number of aromatic carboxylic acids is 1. The van der Waals surface area contributed by atoms with Gasteiger partial charge < -0.3 is 5.11 Å². The Morgan fingerprint density at radius 3 is 2.38 bits per heavy atom. The molecule has 5 heteroatoms. The Morgan fingerprint density at radius 1 is 1.62 bits per heavy atom. The van der Waals surface area contributed by atoms with Gasteiger partial charge in [0.05, 0.1) is 20.2 Å². The van der Waals surface area contributed by atoms with Gasteiger partial charge in [-0.2, -0.15) is 4.68 Å². The maximum Gasteiger partial charge on any atom is 0.356 e. The summed E-state index contributed by atoms with van der Waals surface area (Å²) >= 11 is 0. The van der Waals surface area contributed by atoms with Crippen LogP contribution < -0.4 is 9.58 Å². The van der Waals surface area contributed by atoms with Crippen LogP contribution in [0.2, 0.25) is 0 Å².